The number of aromatic amines is 1. The zero-order chi connectivity index (χ0) is 26.9. The normalized spacial score (nSPS) is 14.3. The molecule has 0 aliphatic heterocycles. The molecule has 0 aliphatic rings. The summed E-state index contributed by atoms with van der Waals surface area (Å²) in [6, 6.07) is -3.87. The topological polar surface area (TPSA) is 205 Å². The van der Waals surface area contributed by atoms with Crippen molar-refractivity contribution >= 4 is 47.2 Å². The van der Waals surface area contributed by atoms with E-state index < -0.39 is 47.9 Å². The standard InChI is InChI=1S/C22H39N7O5S2/c1-35-9-6-15(24)19(30)27-16(5-3-4-8-23)20(31)29-18(11-14-12-25-13-26-14)21(32)28-17(22(33)34)7-10-36-2/h12-13,15-18H,3-11,23-24H2,1-2H3,(H,25,26)(H,27,30)(H,28,32)(H,29,31)(H,33,34). The molecule has 0 saturated carbocycles. The number of nitrogens with two attached hydrogens (primary N) is 2. The zero-order valence-electron chi connectivity index (χ0n) is 20.8. The molecule has 9 N–H and O–H groups in total. The predicted octanol–water partition coefficient (Wildman–Crippen LogP) is -0.546. The van der Waals surface area contributed by atoms with Crippen LogP contribution in [0.4, 0.5) is 0 Å². The van der Waals surface area contributed by atoms with Crippen LogP contribution in [-0.2, 0) is 25.6 Å². The largest absolute Gasteiger partial charge is 0.480 e. The van der Waals surface area contributed by atoms with Gasteiger partial charge >= 0.3 is 5.97 Å². The summed E-state index contributed by atoms with van der Waals surface area (Å²) in [6.07, 6.45) is 9.02. The second-order valence-electron chi connectivity index (χ2n) is 8.26. The van der Waals surface area contributed by atoms with Gasteiger partial charge in [-0.05, 0) is 62.7 Å². The number of carbonyl (C=O) groups excluding carboxylic acids is 3. The van der Waals surface area contributed by atoms with Gasteiger partial charge in [-0.1, -0.05) is 0 Å². The molecule has 0 saturated heterocycles. The van der Waals surface area contributed by atoms with Gasteiger partial charge in [-0.2, -0.15) is 23.5 Å². The van der Waals surface area contributed by atoms with E-state index in [4.69, 9.17) is 11.5 Å². The smallest absolute Gasteiger partial charge is 0.326 e. The number of hydrogen-bond donors (Lipinski definition) is 7. The molecule has 1 heterocycles. The first-order valence-electron chi connectivity index (χ1n) is 11.8. The molecule has 0 spiro atoms. The number of amides is 3. The number of hydrogen-bond acceptors (Lipinski definition) is 9. The lowest BCUT2D eigenvalue weighted by Gasteiger charge is -2.25. The molecule has 0 aromatic carbocycles. The number of rotatable bonds is 19. The molecule has 1 aromatic heterocycles. The molecule has 204 valence electrons. The van der Waals surface area contributed by atoms with Gasteiger partial charge in [0.1, 0.15) is 18.1 Å². The first kappa shape index (κ1) is 31.7. The number of H-pyrrole nitrogens is 1. The summed E-state index contributed by atoms with van der Waals surface area (Å²) in [7, 11) is 0. The van der Waals surface area contributed by atoms with Crippen LogP contribution in [0.15, 0.2) is 12.5 Å². The molecule has 1 aromatic rings. The molecule has 0 radical (unpaired) electrons. The molecule has 14 heteroatoms. The maximum absolute atomic E-state index is 13.2. The maximum Gasteiger partial charge on any atom is 0.326 e. The molecule has 12 nitrogen and oxygen atoms in total. The van der Waals surface area contributed by atoms with Crippen molar-refractivity contribution in [1.82, 2.24) is 25.9 Å². The number of aliphatic carboxylic acids is 1. The van der Waals surface area contributed by atoms with Crippen molar-refractivity contribution in [2.24, 2.45) is 11.5 Å². The lowest BCUT2D eigenvalue weighted by Crippen LogP contribution is -2.57. The molecule has 0 bridgehead atoms. The summed E-state index contributed by atoms with van der Waals surface area (Å²) in [5.41, 5.74) is 12.1. The highest BCUT2D eigenvalue weighted by molar-refractivity contribution is 7.98. The molecule has 0 aliphatic carbocycles. The molecular formula is C22H39N7O5S2. The number of unbranched alkanes of at least 4 members (excludes halogenated alkanes) is 1. The van der Waals surface area contributed by atoms with E-state index in [0.717, 1.165) is 0 Å². The van der Waals surface area contributed by atoms with Crippen LogP contribution in [0, 0.1) is 0 Å². The SMILES string of the molecule is CSCCC(N)C(=O)NC(CCCCN)C(=O)NC(Cc1cnc[nH]1)C(=O)NC(CCSC)C(=O)O. The van der Waals surface area contributed by atoms with Crippen LogP contribution in [0.5, 0.6) is 0 Å². The average Bonchev–Trinajstić information content (AvgIpc) is 3.36. The number of thioether (sulfide) groups is 2. The third-order valence-corrected chi connectivity index (χ3v) is 6.67. The van der Waals surface area contributed by atoms with Crippen molar-refractivity contribution in [3.8, 4) is 0 Å². The highest BCUT2D eigenvalue weighted by Gasteiger charge is 2.30. The number of nitrogens with zero attached hydrogens (tertiary/aromatic N) is 1. The first-order chi connectivity index (χ1) is 17.2. The summed E-state index contributed by atoms with van der Waals surface area (Å²) in [6.45, 7) is 0.438. The van der Waals surface area contributed by atoms with Crippen LogP contribution in [0.3, 0.4) is 0 Å². The average molecular weight is 546 g/mol. The lowest BCUT2D eigenvalue weighted by atomic mass is 10.1. The van der Waals surface area contributed by atoms with Crippen molar-refractivity contribution in [2.75, 3.05) is 30.6 Å². The number of carboxylic acid groups (broad SMARTS) is 1. The number of imidazole rings is 1. The van der Waals surface area contributed by atoms with Crippen molar-refractivity contribution in [1.29, 1.82) is 0 Å². The van der Waals surface area contributed by atoms with Crippen molar-refractivity contribution in [3.05, 3.63) is 18.2 Å². The predicted molar refractivity (Wildman–Crippen MR) is 143 cm³/mol. The molecule has 1 rings (SSSR count). The van der Waals surface area contributed by atoms with Gasteiger partial charge in [0.15, 0.2) is 0 Å². The number of carbonyl (C=O) groups is 4. The molecule has 4 unspecified atom stereocenters. The van der Waals surface area contributed by atoms with E-state index in [1.165, 1.54) is 24.3 Å². The van der Waals surface area contributed by atoms with Gasteiger partial charge in [0.25, 0.3) is 0 Å². The minimum Gasteiger partial charge on any atom is -0.480 e. The van der Waals surface area contributed by atoms with E-state index in [1.54, 1.807) is 11.8 Å². The monoisotopic (exact) mass is 545 g/mol. The Morgan fingerprint density at radius 1 is 0.944 bits per heavy atom. The second-order valence-corrected chi connectivity index (χ2v) is 10.2. The third kappa shape index (κ3) is 12.1. The van der Waals surface area contributed by atoms with Gasteiger partial charge < -0.3 is 37.5 Å². The summed E-state index contributed by atoms with van der Waals surface area (Å²) in [5, 5.41) is 17.4. The minimum absolute atomic E-state index is 0.0587. The second kappa shape index (κ2) is 18.0. The Bertz CT molecular complexity index is 813. The zero-order valence-corrected chi connectivity index (χ0v) is 22.5. The van der Waals surface area contributed by atoms with Crippen LogP contribution in [0.25, 0.3) is 0 Å². The van der Waals surface area contributed by atoms with Gasteiger partial charge in [-0.3, -0.25) is 14.4 Å². The van der Waals surface area contributed by atoms with E-state index in [9.17, 15) is 24.3 Å². The molecule has 4 atom stereocenters. The van der Waals surface area contributed by atoms with Crippen molar-refractivity contribution < 1.29 is 24.3 Å². The highest BCUT2D eigenvalue weighted by atomic mass is 32.2. The first-order valence-corrected chi connectivity index (χ1v) is 14.6. The summed E-state index contributed by atoms with van der Waals surface area (Å²) >= 11 is 3.03. The van der Waals surface area contributed by atoms with Gasteiger partial charge in [-0.25, -0.2) is 9.78 Å². The summed E-state index contributed by atoms with van der Waals surface area (Å²) < 4.78 is 0. The van der Waals surface area contributed by atoms with E-state index >= 15 is 0 Å². The Labute approximate surface area is 220 Å². The maximum atomic E-state index is 13.2. The van der Waals surface area contributed by atoms with Gasteiger partial charge in [0.2, 0.25) is 17.7 Å². The van der Waals surface area contributed by atoms with Crippen molar-refractivity contribution in [3.63, 3.8) is 0 Å². The molecule has 3 amide bonds. The molecular weight excluding hydrogens is 506 g/mol. The van der Waals surface area contributed by atoms with Crippen LogP contribution in [-0.4, -0.2) is 93.5 Å². The number of aromatic nitrogens is 2. The minimum atomic E-state index is -1.16. The van der Waals surface area contributed by atoms with Gasteiger partial charge in [0.05, 0.1) is 12.4 Å². The Morgan fingerprint density at radius 2 is 1.56 bits per heavy atom. The van der Waals surface area contributed by atoms with Crippen LogP contribution in [0.2, 0.25) is 0 Å². The van der Waals surface area contributed by atoms with E-state index in [-0.39, 0.29) is 12.8 Å². The Hall–Kier alpha value is -2.29. The van der Waals surface area contributed by atoms with Crippen LogP contribution < -0.4 is 27.4 Å². The Balaban J connectivity index is 3.01. The van der Waals surface area contributed by atoms with Gasteiger partial charge in [0, 0.05) is 18.3 Å². The Morgan fingerprint density at radius 3 is 2.14 bits per heavy atom. The summed E-state index contributed by atoms with van der Waals surface area (Å²) in [5.74, 6) is -1.57. The van der Waals surface area contributed by atoms with Crippen LogP contribution in [0.1, 0.15) is 37.8 Å². The van der Waals surface area contributed by atoms with E-state index in [1.807, 2.05) is 12.5 Å². The number of nitrogens with one attached hydrogen (secondary N) is 4. The summed E-state index contributed by atoms with van der Waals surface area (Å²) in [4.78, 5) is 57.3. The third-order valence-electron chi connectivity index (χ3n) is 5.39. The molecule has 36 heavy (non-hydrogen) atoms. The Kier molecular flexibility index (Phi) is 15.9. The fourth-order valence-electron chi connectivity index (χ4n) is 3.28. The number of carboxylic acids is 1. The fraction of sp³-hybridized carbons (Fsp3) is 0.682. The quantitative estimate of drug-likeness (QED) is 0.110. The molecule has 0 fully saturated rings. The van der Waals surface area contributed by atoms with Crippen LogP contribution >= 0.6 is 23.5 Å². The van der Waals surface area contributed by atoms with Gasteiger partial charge in [-0.15, -0.1) is 0 Å². The van der Waals surface area contributed by atoms with Crippen molar-refractivity contribution in [2.45, 2.75) is 62.7 Å². The highest BCUT2D eigenvalue weighted by Crippen LogP contribution is 2.07. The lowest BCUT2D eigenvalue weighted by molar-refractivity contribution is -0.142. The fourth-order valence-corrected chi connectivity index (χ4v) is 4.24. The van der Waals surface area contributed by atoms with E-state index in [0.29, 0.717) is 49.4 Å². The van der Waals surface area contributed by atoms with E-state index in [2.05, 4.69) is 25.9 Å².